The molecule has 3 aromatic carbocycles. The van der Waals surface area contributed by atoms with E-state index in [4.69, 9.17) is 0 Å². The van der Waals surface area contributed by atoms with Crippen molar-refractivity contribution in [2.24, 2.45) is 0 Å². The normalized spacial score (nSPS) is 11.6. The van der Waals surface area contributed by atoms with Crippen LogP contribution in [-0.2, 0) is 19.5 Å². The standard InChI is InChI=1S/C32H37N5O2S/c1-23-22-40-30(35-23)21-37(3)32(39)27-13-8-12-26(19-27)31(38)36-29(17-24-9-5-4-6-10-24)15-16-34-20-25-11-7-14-28(18-25)33-2/h4-14,18-19,22,29,33-34H,15-17,20-21H2,1-3H3,(H,36,38)/t29-/m1/s1. The van der Waals surface area contributed by atoms with Crippen LogP contribution in [0.3, 0.4) is 0 Å². The van der Waals surface area contributed by atoms with Gasteiger partial charge in [-0.2, -0.15) is 0 Å². The largest absolute Gasteiger partial charge is 0.388 e. The highest BCUT2D eigenvalue weighted by Crippen LogP contribution is 2.15. The molecule has 0 aliphatic carbocycles. The third-order valence-corrected chi connectivity index (χ3v) is 7.58. The van der Waals surface area contributed by atoms with Gasteiger partial charge in [0.05, 0.1) is 6.54 Å². The van der Waals surface area contributed by atoms with Crippen molar-refractivity contribution in [3.8, 4) is 0 Å². The van der Waals surface area contributed by atoms with Gasteiger partial charge >= 0.3 is 0 Å². The number of thiazole rings is 1. The first-order valence-corrected chi connectivity index (χ1v) is 14.4. The van der Waals surface area contributed by atoms with Crippen molar-refractivity contribution in [2.75, 3.05) is 26.0 Å². The van der Waals surface area contributed by atoms with E-state index in [-0.39, 0.29) is 17.9 Å². The molecule has 0 spiro atoms. The molecule has 7 nitrogen and oxygen atoms in total. The average Bonchev–Trinajstić information content (AvgIpc) is 3.39. The molecule has 4 aromatic rings. The van der Waals surface area contributed by atoms with Crippen LogP contribution in [0.15, 0.2) is 84.2 Å². The van der Waals surface area contributed by atoms with Gasteiger partial charge in [0.2, 0.25) is 0 Å². The Hall–Kier alpha value is -4.01. The smallest absolute Gasteiger partial charge is 0.253 e. The zero-order chi connectivity index (χ0) is 28.3. The second-order valence-electron chi connectivity index (χ2n) is 9.90. The first-order chi connectivity index (χ1) is 19.4. The van der Waals surface area contributed by atoms with Crippen molar-refractivity contribution in [1.29, 1.82) is 0 Å². The fourth-order valence-electron chi connectivity index (χ4n) is 4.50. The van der Waals surface area contributed by atoms with Gasteiger partial charge in [0.15, 0.2) is 0 Å². The Balaban J connectivity index is 1.38. The van der Waals surface area contributed by atoms with Gasteiger partial charge in [-0.1, -0.05) is 48.5 Å². The number of aryl methyl sites for hydroxylation is 1. The number of aromatic nitrogens is 1. The molecular weight excluding hydrogens is 518 g/mol. The summed E-state index contributed by atoms with van der Waals surface area (Å²) >= 11 is 1.54. The van der Waals surface area contributed by atoms with Crippen LogP contribution < -0.4 is 16.0 Å². The summed E-state index contributed by atoms with van der Waals surface area (Å²) < 4.78 is 0. The summed E-state index contributed by atoms with van der Waals surface area (Å²) in [5.41, 5.74) is 5.35. The van der Waals surface area contributed by atoms with Crippen LogP contribution in [0.2, 0.25) is 0 Å². The topological polar surface area (TPSA) is 86.4 Å². The molecule has 3 N–H and O–H groups in total. The van der Waals surface area contributed by atoms with E-state index in [1.165, 1.54) is 16.9 Å². The van der Waals surface area contributed by atoms with Crippen LogP contribution in [0.25, 0.3) is 0 Å². The lowest BCUT2D eigenvalue weighted by atomic mass is 10.0. The predicted octanol–water partition coefficient (Wildman–Crippen LogP) is 5.29. The third kappa shape index (κ3) is 8.49. The lowest BCUT2D eigenvalue weighted by Gasteiger charge is -2.20. The molecule has 40 heavy (non-hydrogen) atoms. The van der Waals surface area contributed by atoms with E-state index in [9.17, 15) is 9.59 Å². The first kappa shape index (κ1) is 29.0. The van der Waals surface area contributed by atoms with Crippen LogP contribution in [0, 0.1) is 6.92 Å². The lowest BCUT2D eigenvalue weighted by molar-refractivity contribution is 0.0785. The van der Waals surface area contributed by atoms with Crippen molar-refractivity contribution >= 4 is 28.8 Å². The molecule has 0 radical (unpaired) electrons. The van der Waals surface area contributed by atoms with E-state index in [0.717, 1.165) is 47.9 Å². The predicted molar refractivity (Wildman–Crippen MR) is 163 cm³/mol. The monoisotopic (exact) mass is 555 g/mol. The molecule has 0 unspecified atom stereocenters. The number of carbonyl (C=O) groups is 2. The van der Waals surface area contributed by atoms with Crippen molar-refractivity contribution in [2.45, 2.75) is 38.9 Å². The highest BCUT2D eigenvalue weighted by atomic mass is 32.1. The van der Waals surface area contributed by atoms with E-state index in [1.54, 1.807) is 36.2 Å². The number of carbonyl (C=O) groups excluding carboxylic acids is 2. The number of amides is 2. The Morgan fingerprint density at radius 2 is 1.70 bits per heavy atom. The molecule has 1 heterocycles. The third-order valence-electron chi connectivity index (χ3n) is 6.63. The van der Waals surface area contributed by atoms with Gasteiger partial charge < -0.3 is 20.9 Å². The molecule has 0 fully saturated rings. The van der Waals surface area contributed by atoms with Crippen molar-refractivity contribution in [3.63, 3.8) is 0 Å². The first-order valence-electron chi connectivity index (χ1n) is 13.5. The minimum absolute atomic E-state index is 0.0683. The average molecular weight is 556 g/mol. The van der Waals surface area contributed by atoms with E-state index >= 15 is 0 Å². The second kappa shape index (κ2) is 14.4. The summed E-state index contributed by atoms with van der Waals surface area (Å²) in [4.78, 5) is 32.5. The van der Waals surface area contributed by atoms with Crippen LogP contribution in [0.4, 0.5) is 5.69 Å². The Kier molecular flexibility index (Phi) is 10.4. The maximum absolute atomic E-state index is 13.3. The van der Waals surface area contributed by atoms with Crippen molar-refractivity contribution in [1.82, 2.24) is 20.5 Å². The van der Waals surface area contributed by atoms with Crippen molar-refractivity contribution < 1.29 is 9.59 Å². The highest BCUT2D eigenvalue weighted by molar-refractivity contribution is 7.09. The number of hydrogen-bond donors (Lipinski definition) is 3. The summed E-state index contributed by atoms with van der Waals surface area (Å²) in [6, 6.07) is 25.3. The molecule has 0 saturated heterocycles. The Bertz CT molecular complexity index is 1410. The van der Waals surface area contributed by atoms with Gasteiger partial charge in [-0.3, -0.25) is 9.59 Å². The summed E-state index contributed by atoms with van der Waals surface area (Å²) in [6.45, 7) is 3.87. The minimum atomic E-state index is -0.185. The van der Waals surface area contributed by atoms with Gasteiger partial charge in [0, 0.05) is 54.6 Å². The summed E-state index contributed by atoms with van der Waals surface area (Å²) in [7, 11) is 3.67. The SMILES string of the molecule is CNc1cccc(CNCC[C@H](Cc2ccccc2)NC(=O)c2cccc(C(=O)N(C)Cc3nc(C)cs3)c2)c1. The number of nitrogens with one attached hydrogen (secondary N) is 3. The number of anilines is 1. The molecule has 2 amide bonds. The number of rotatable bonds is 13. The van der Waals surface area contributed by atoms with Crippen LogP contribution >= 0.6 is 11.3 Å². The summed E-state index contributed by atoms with van der Waals surface area (Å²) in [5.74, 6) is -0.328. The molecule has 1 aromatic heterocycles. The molecule has 8 heteroatoms. The van der Waals surface area contributed by atoms with E-state index < -0.39 is 0 Å². The van der Waals surface area contributed by atoms with E-state index in [2.05, 4.69) is 45.2 Å². The number of benzene rings is 3. The minimum Gasteiger partial charge on any atom is -0.388 e. The quantitative estimate of drug-likeness (QED) is 0.195. The molecule has 0 aliphatic rings. The van der Waals surface area contributed by atoms with Crippen molar-refractivity contribution in [3.05, 3.63) is 117 Å². The number of nitrogens with zero attached hydrogens (tertiary/aromatic N) is 2. The fraction of sp³-hybridized carbons (Fsp3) is 0.281. The lowest BCUT2D eigenvalue weighted by Crippen LogP contribution is -2.38. The number of hydrogen-bond acceptors (Lipinski definition) is 6. The molecular formula is C32H37N5O2S. The van der Waals surface area contributed by atoms with Gasteiger partial charge in [0.1, 0.15) is 5.01 Å². The molecule has 0 bridgehead atoms. The summed E-state index contributed by atoms with van der Waals surface area (Å²) in [5, 5.41) is 12.7. The molecule has 0 saturated carbocycles. The molecule has 208 valence electrons. The Morgan fingerprint density at radius 1 is 0.950 bits per heavy atom. The van der Waals surface area contributed by atoms with Gasteiger partial charge in [-0.25, -0.2) is 4.98 Å². The van der Waals surface area contributed by atoms with Gasteiger partial charge in [-0.15, -0.1) is 11.3 Å². The summed E-state index contributed by atoms with van der Waals surface area (Å²) in [6.07, 6.45) is 1.49. The fourth-order valence-corrected chi connectivity index (χ4v) is 5.33. The second-order valence-corrected chi connectivity index (χ2v) is 10.8. The zero-order valence-electron chi connectivity index (χ0n) is 23.3. The maximum atomic E-state index is 13.3. The molecule has 0 aliphatic heterocycles. The maximum Gasteiger partial charge on any atom is 0.253 e. The van der Waals surface area contributed by atoms with E-state index in [1.807, 2.05) is 49.7 Å². The zero-order valence-corrected chi connectivity index (χ0v) is 24.1. The Labute approximate surface area is 240 Å². The van der Waals surface area contributed by atoms with Gasteiger partial charge in [0.25, 0.3) is 11.8 Å². The Morgan fingerprint density at radius 3 is 2.45 bits per heavy atom. The highest BCUT2D eigenvalue weighted by Gasteiger charge is 2.18. The van der Waals surface area contributed by atoms with Gasteiger partial charge in [-0.05, 0) is 67.8 Å². The van der Waals surface area contributed by atoms with Crippen LogP contribution in [0.5, 0.6) is 0 Å². The van der Waals surface area contributed by atoms with Crippen LogP contribution in [-0.4, -0.2) is 48.4 Å². The molecule has 4 rings (SSSR count). The van der Waals surface area contributed by atoms with Crippen LogP contribution in [0.1, 0.15) is 49.0 Å². The molecule has 1 atom stereocenters. The van der Waals surface area contributed by atoms with E-state index in [0.29, 0.717) is 17.7 Å².